The highest BCUT2D eigenvalue weighted by molar-refractivity contribution is 5.79. The van der Waals surface area contributed by atoms with E-state index in [2.05, 4.69) is 66.5 Å². The van der Waals surface area contributed by atoms with Gasteiger partial charge in [-0.25, -0.2) is 0 Å². The molecule has 2 aromatic rings. The first kappa shape index (κ1) is 21.1. The third kappa shape index (κ3) is 4.95. The molecule has 0 spiro atoms. The summed E-state index contributed by atoms with van der Waals surface area (Å²) in [6, 6.07) is 15.6. The SMILES string of the molecule is CC[C@@H](NC(=O)C1CCN(Cc2ccccc2C)CC1)c1ccc2c(c1)CCCC2. The standard InChI is InChI=1S/C27H36N2O/c1-3-26(24-13-12-21-9-6-7-10-23(21)18-24)28-27(30)22-14-16-29(17-15-22)19-25-11-5-4-8-20(25)2/h4-5,8,11-13,18,22,26H,3,6-7,9-10,14-17,19H2,1-2H3,(H,28,30)/t26-/m1/s1. The van der Waals surface area contributed by atoms with Gasteiger partial charge in [-0.15, -0.1) is 0 Å². The van der Waals surface area contributed by atoms with Gasteiger partial charge in [0.05, 0.1) is 6.04 Å². The molecule has 3 heteroatoms. The first-order valence-corrected chi connectivity index (χ1v) is 11.8. The minimum Gasteiger partial charge on any atom is -0.349 e. The van der Waals surface area contributed by atoms with E-state index in [1.165, 1.54) is 53.5 Å². The third-order valence-electron chi connectivity index (χ3n) is 7.11. The van der Waals surface area contributed by atoms with Crippen molar-refractivity contribution in [1.82, 2.24) is 10.2 Å². The van der Waals surface area contributed by atoms with Crippen LogP contribution in [0.3, 0.4) is 0 Å². The zero-order valence-electron chi connectivity index (χ0n) is 18.6. The lowest BCUT2D eigenvalue weighted by Gasteiger charge is -2.32. The quantitative estimate of drug-likeness (QED) is 0.703. The van der Waals surface area contributed by atoms with Gasteiger partial charge in [0.2, 0.25) is 5.91 Å². The van der Waals surface area contributed by atoms with Gasteiger partial charge >= 0.3 is 0 Å². The van der Waals surface area contributed by atoms with Crippen LogP contribution in [0.25, 0.3) is 0 Å². The fourth-order valence-electron chi connectivity index (χ4n) is 5.06. The Morgan fingerprint density at radius 2 is 1.80 bits per heavy atom. The summed E-state index contributed by atoms with van der Waals surface area (Å²) >= 11 is 0. The van der Waals surface area contributed by atoms with Crippen LogP contribution in [0, 0.1) is 12.8 Å². The van der Waals surface area contributed by atoms with Gasteiger partial charge in [0.1, 0.15) is 0 Å². The highest BCUT2D eigenvalue weighted by atomic mass is 16.1. The smallest absolute Gasteiger partial charge is 0.223 e. The van der Waals surface area contributed by atoms with E-state index >= 15 is 0 Å². The molecule has 1 N–H and O–H groups in total. The number of carbonyl (C=O) groups is 1. The predicted molar refractivity (Wildman–Crippen MR) is 123 cm³/mol. The van der Waals surface area contributed by atoms with Gasteiger partial charge < -0.3 is 5.32 Å². The monoisotopic (exact) mass is 404 g/mol. The molecule has 0 unspecified atom stereocenters. The zero-order chi connectivity index (χ0) is 20.9. The van der Waals surface area contributed by atoms with E-state index in [9.17, 15) is 4.79 Å². The molecule has 4 rings (SSSR count). The number of aryl methyl sites for hydroxylation is 3. The average molecular weight is 405 g/mol. The van der Waals surface area contributed by atoms with E-state index in [-0.39, 0.29) is 17.9 Å². The summed E-state index contributed by atoms with van der Waals surface area (Å²) in [5.74, 6) is 0.389. The summed E-state index contributed by atoms with van der Waals surface area (Å²) < 4.78 is 0. The fraction of sp³-hybridized carbons (Fsp3) is 0.519. The molecule has 0 saturated carbocycles. The molecule has 160 valence electrons. The van der Waals surface area contributed by atoms with Crippen LogP contribution in [0.5, 0.6) is 0 Å². The molecule has 1 atom stereocenters. The second-order valence-electron chi connectivity index (χ2n) is 9.18. The van der Waals surface area contributed by atoms with E-state index in [0.29, 0.717) is 0 Å². The number of hydrogen-bond donors (Lipinski definition) is 1. The van der Waals surface area contributed by atoms with Crippen molar-refractivity contribution < 1.29 is 4.79 Å². The van der Waals surface area contributed by atoms with Crippen LogP contribution in [0.15, 0.2) is 42.5 Å². The topological polar surface area (TPSA) is 32.3 Å². The number of nitrogens with one attached hydrogen (secondary N) is 1. The summed E-state index contributed by atoms with van der Waals surface area (Å²) in [5, 5.41) is 3.38. The van der Waals surface area contributed by atoms with Gasteiger partial charge in [-0.3, -0.25) is 9.69 Å². The Morgan fingerprint density at radius 3 is 2.53 bits per heavy atom. The van der Waals surface area contributed by atoms with E-state index in [0.717, 1.165) is 38.9 Å². The molecule has 1 fully saturated rings. The Bertz CT molecular complexity index is 867. The lowest BCUT2D eigenvalue weighted by atomic mass is 9.88. The second-order valence-corrected chi connectivity index (χ2v) is 9.18. The van der Waals surface area contributed by atoms with Gasteiger partial charge in [0.25, 0.3) is 0 Å². The van der Waals surface area contributed by atoms with Gasteiger partial charge in [-0.2, -0.15) is 0 Å². The van der Waals surface area contributed by atoms with E-state index < -0.39 is 0 Å². The maximum Gasteiger partial charge on any atom is 0.223 e. The van der Waals surface area contributed by atoms with Crippen molar-refractivity contribution in [2.75, 3.05) is 13.1 Å². The molecule has 0 bridgehead atoms. The molecule has 1 saturated heterocycles. The van der Waals surface area contributed by atoms with Gasteiger partial charge in [-0.05, 0) is 92.8 Å². The van der Waals surface area contributed by atoms with Gasteiger partial charge in [-0.1, -0.05) is 49.4 Å². The minimum absolute atomic E-state index is 0.134. The van der Waals surface area contributed by atoms with Crippen LogP contribution in [-0.4, -0.2) is 23.9 Å². The Labute approximate surface area is 181 Å². The molecular formula is C27H36N2O. The molecule has 30 heavy (non-hydrogen) atoms. The summed E-state index contributed by atoms with van der Waals surface area (Å²) in [6.07, 6.45) is 7.85. The number of hydrogen-bond acceptors (Lipinski definition) is 2. The van der Waals surface area contributed by atoms with Crippen LogP contribution in [0.2, 0.25) is 0 Å². The van der Waals surface area contributed by atoms with E-state index in [4.69, 9.17) is 0 Å². The van der Waals surface area contributed by atoms with Crippen LogP contribution in [0.1, 0.15) is 72.9 Å². The molecular weight excluding hydrogens is 368 g/mol. The minimum atomic E-state index is 0.134. The molecule has 1 heterocycles. The number of fused-ring (bicyclic) bond motifs is 1. The van der Waals surface area contributed by atoms with Crippen molar-refractivity contribution in [2.24, 2.45) is 5.92 Å². The fourth-order valence-corrected chi connectivity index (χ4v) is 5.06. The van der Waals surface area contributed by atoms with Gasteiger partial charge in [0, 0.05) is 12.5 Å². The highest BCUT2D eigenvalue weighted by Crippen LogP contribution is 2.27. The van der Waals surface area contributed by atoms with Gasteiger partial charge in [0.15, 0.2) is 0 Å². The molecule has 0 aromatic heterocycles. The average Bonchev–Trinajstić information content (AvgIpc) is 2.79. The lowest BCUT2D eigenvalue weighted by Crippen LogP contribution is -2.41. The van der Waals surface area contributed by atoms with Crippen LogP contribution in [-0.2, 0) is 24.2 Å². The number of carbonyl (C=O) groups excluding carboxylic acids is 1. The summed E-state index contributed by atoms with van der Waals surface area (Å²) in [7, 11) is 0. The predicted octanol–water partition coefficient (Wildman–Crippen LogP) is 5.35. The first-order valence-electron chi connectivity index (χ1n) is 11.8. The Morgan fingerprint density at radius 1 is 1.07 bits per heavy atom. The molecule has 1 amide bonds. The number of likely N-dealkylation sites (tertiary alicyclic amines) is 1. The Kier molecular flexibility index (Phi) is 6.89. The maximum absolute atomic E-state index is 13.0. The molecule has 1 aliphatic heterocycles. The molecule has 2 aliphatic rings. The van der Waals surface area contributed by atoms with Crippen molar-refractivity contribution >= 4 is 5.91 Å². The zero-order valence-corrected chi connectivity index (χ0v) is 18.6. The molecule has 3 nitrogen and oxygen atoms in total. The Balaban J connectivity index is 1.32. The first-order chi connectivity index (χ1) is 14.6. The number of piperidine rings is 1. The highest BCUT2D eigenvalue weighted by Gasteiger charge is 2.27. The lowest BCUT2D eigenvalue weighted by molar-refractivity contribution is -0.127. The second kappa shape index (κ2) is 9.78. The van der Waals surface area contributed by atoms with E-state index in [1.54, 1.807) is 0 Å². The Hall–Kier alpha value is -2.13. The van der Waals surface area contributed by atoms with Crippen molar-refractivity contribution in [3.05, 3.63) is 70.3 Å². The van der Waals surface area contributed by atoms with Crippen molar-refractivity contribution in [3.8, 4) is 0 Å². The van der Waals surface area contributed by atoms with Crippen LogP contribution in [0.4, 0.5) is 0 Å². The third-order valence-corrected chi connectivity index (χ3v) is 7.11. The number of rotatable bonds is 6. The van der Waals surface area contributed by atoms with E-state index in [1.807, 2.05) is 0 Å². The number of nitrogens with zero attached hydrogens (tertiary/aromatic N) is 1. The van der Waals surface area contributed by atoms with Crippen LogP contribution < -0.4 is 5.32 Å². The number of benzene rings is 2. The van der Waals surface area contributed by atoms with Crippen LogP contribution >= 0.6 is 0 Å². The molecule has 1 aliphatic carbocycles. The summed E-state index contributed by atoms with van der Waals surface area (Å²) in [5.41, 5.74) is 7.04. The normalized spacial score (nSPS) is 18.6. The maximum atomic E-state index is 13.0. The largest absolute Gasteiger partial charge is 0.349 e. The summed E-state index contributed by atoms with van der Waals surface area (Å²) in [6.45, 7) is 7.36. The summed E-state index contributed by atoms with van der Waals surface area (Å²) in [4.78, 5) is 15.5. The van der Waals surface area contributed by atoms with Crippen molar-refractivity contribution in [3.63, 3.8) is 0 Å². The van der Waals surface area contributed by atoms with Crippen molar-refractivity contribution in [1.29, 1.82) is 0 Å². The molecule has 2 aromatic carbocycles. The molecule has 0 radical (unpaired) electrons. The van der Waals surface area contributed by atoms with Crippen molar-refractivity contribution in [2.45, 2.75) is 71.4 Å². The number of amides is 1.